The van der Waals surface area contributed by atoms with Crippen LogP contribution in [0.25, 0.3) is 0 Å². The lowest BCUT2D eigenvalue weighted by Gasteiger charge is -2.16. The largest absolute Gasteiger partial charge is 0.478 e. The van der Waals surface area contributed by atoms with E-state index in [1.165, 1.54) is 18.2 Å². The summed E-state index contributed by atoms with van der Waals surface area (Å²) in [6.45, 7) is 3.52. The van der Waals surface area contributed by atoms with Crippen LogP contribution < -0.4 is 4.72 Å². The Morgan fingerprint density at radius 2 is 2.05 bits per heavy atom. The molecule has 3 N–H and O–H groups in total. The minimum absolute atomic E-state index is 0.000693. The second-order valence-corrected chi connectivity index (χ2v) is 6.55. The van der Waals surface area contributed by atoms with Gasteiger partial charge in [0.1, 0.15) is 0 Å². The topological polar surface area (TPSA) is 104 Å². The van der Waals surface area contributed by atoms with Crippen LogP contribution in [0.3, 0.4) is 0 Å². The van der Waals surface area contributed by atoms with E-state index < -0.39 is 16.0 Å². The zero-order valence-electron chi connectivity index (χ0n) is 12.2. The Hall–Kier alpha value is -1.44. The fourth-order valence-electron chi connectivity index (χ4n) is 2.01. The summed E-state index contributed by atoms with van der Waals surface area (Å²) in [5.41, 5.74) is 0.512. The van der Waals surface area contributed by atoms with Crippen molar-refractivity contribution in [3.05, 3.63) is 29.3 Å². The SMILES string of the molecule is CCc1ccc(C(=O)O)cc1S(=O)(=O)NC(C)CCCO. The number of carbonyl (C=O) groups is 1. The fraction of sp³-hybridized carbons (Fsp3) is 0.500. The van der Waals surface area contributed by atoms with Gasteiger partial charge < -0.3 is 10.2 Å². The van der Waals surface area contributed by atoms with Crippen LogP contribution in [0.1, 0.15) is 42.6 Å². The molecular formula is C14H21NO5S. The average Bonchev–Trinajstić information content (AvgIpc) is 2.43. The minimum atomic E-state index is -3.78. The molecular weight excluding hydrogens is 294 g/mol. The van der Waals surface area contributed by atoms with Crippen LogP contribution in [0.15, 0.2) is 23.1 Å². The van der Waals surface area contributed by atoms with E-state index in [0.29, 0.717) is 24.8 Å². The zero-order valence-corrected chi connectivity index (χ0v) is 13.0. The molecule has 1 rings (SSSR count). The van der Waals surface area contributed by atoms with Gasteiger partial charge in [-0.05, 0) is 43.9 Å². The van der Waals surface area contributed by atoms with E-state index in [4.69, 9.17) is 10.2 Å². The van der Waals surface area contributed by atoms with Gasteiger partial charge in [0.15, 0.2) is 0 Å². The number of carboxylic acid groups (broad SMARTS) is 1. The molecule has 1 aromatic carbocycles. The van der Waals surface area contributed by atoms with Gasteiger partial charge >= 0.3 is 5.97 Å². The van der Waals surface area contributed by atoms with Gasteiger partial charge in [-0.15, -0.1) is 0 Å². The van der Waals surface area contributed by atoms with Crippen LogP contribution in [0.5, 0.6) is 0 Å². The number of sulfonamides is 1. The number of nitrogens with one attached hydrogen (secondary N) is 1. The highest BCUT2D eigenvalue weighted by atomic mass is 32.2. The summed E-state index contributed by atoms with van der Waals surface area (Å²) in [5.74, 6) is -1.16. The van der Waals surface area contributed by atoms with Gasteiger partial charge in [0.25, 0.3) is 0 Å². The van der Waals surface area contributed by atoms with Crippen molar-refractivity contribution in [2.75, 3.05) is 6.61 Å². The monoisotopic (exact) mass is 315 g/mol. The van der Waals surface area contributed by atoms with Gasteiger partial charge in [-0.3, -0.25) is 0 Å². The fourth-order valence-corrected chi connectivity index (χ4v) is 3.63. The number of carboxylic acids is 1. The van der Waals surface area contributed by atoms with Gasteiger partial charge in [0, 0.05) is 12.6 Å². The van der Waals surface area contributed by atoms with Gasteiger partial charge in [0.05, 0.1) is 10.5 Å². The Balaban J connectivity index is 3.11. The molecule has 0 heterocycles. The minimum Gasteiger partial charge on any atom is -0.478 e. The Labute approximate surface area is 124 Å². The van der Waals surface area contributed by atoms with Crippen LogP contribution in [0, 0.1) is 0 Å². The molecule has 0 saturated carbocycles. The van der Waals surface area contributed by atoms with Gasteiger partial charge in [0.2, 0.25) is 10.0 Å². The van der Waals surface area contributed by atoms with Crippen molar-refractivity contribution in [3.63, 3.8) is 0 Å². The summed E-state index contributed by atoms with van der Waals surface area (Å²) in [7, 11) is -3.78. The van der Waals surface area contributed by atoms with Gasteiger partial charge in [-0.25, -0.2) is 17.9 Å². The number of hydrogen-bond donors (Lipinski definition) is 3. The normalized spacial score (nSPS) is 13.1. The first-order chi connectivity index (χ1) is 9.81. The Morgan fingerprint density at radius 3 is 2.57 bits per heavy atom. The van der Waals surface area contributed by atoms with Crippen molar-refractivity contribution in [2.45, 2.75) is 44.0 Å². The van der Waals surface area contributed by atoms with Crippen molar-refractivity contribution in [1.82, 2.24) is 4.72 Å². The molecule has 21 heavy (non-hydrogen) atoms. The predicted molar refractivity (Wildman–Crippen MR) is 78.9 cm³/mol. The number of aliphatic hydroxyl groups excluding tert-OH is 1. The number of aliphatic hydroxyl groups is 1. The summed E-state index contributed by atoms with van der Waals surface area (Å²) in [4.78, 5) is 11.0. The number of benzene rings is 1. The maximum Gasteiger partial charge on any atom is 0.335 e. The maximum absolute atomic E-state index is 12.4. The van der Waals surface area contributed by atoms with E-state index in [0.717, 1.165) is 0 Å². The Kier molecular flexibility index (Phi) is 6.32. The molecule has 1 unspecified atom stereocenters. The van der Waals surface area contributed by atoms with Gasteiger partial charge in [-0.1, -0.05) is 13.0 Å². The molecule has 0 bridgehead atoms. The van der Waals surface area contributed by atoms with E-state index in [1.54, 1.807) is 6.92 Å². The van der Waals surface area contributed by atoms with E-state index in [-0.39, 0.29) is 23.1 Å². The standard InChI is InChI=1S/C14H21NO5S/c1-3-11-6-7-12(14(17)18)9-13(11)21(19,20)15-10(2)5-4-8-16/h6-7,9-10,15-16H,3-5,8H2,1-2H3,(H,17,18). The third-order valence-corrected chi connectivity index (χ3v) is 4.81. The van der Waals surface area contributed by atoms with E-state index in [1.807, 2.05) is 6.92 Å². The van der Waals surface area contributed by atoms with E-state index >= 15 is 0 Å². The van der Waals surface area contributed by atoms with Crippen molar-refractivity contribution in [3.8, 4) is 0 Å². The summed E-state index contributed by atoms with van der Waals surface area (Å²) < 4.78 is 27.3. The lowest BCUT2D eigenvalue weighted by Crippen LogP contribution is -2.33. The summed E-state index contributed by atoms with van der Waals surface area (Å²) in [6, 6.07) is 3.77. The second-order valence-electron chi connectivity index (χ2n) is 4.87. The quantitative estimate of drug-likeness (QED) is 0.672. The maximum atomic E-state index is 12.4. The predicted octanol–water partition coefficient (Wildman–Crippen LogP) is 1.39. The van der Waals surface area contributed by atoms with Crippen LogP contribution in [0.2, 0.25) is 0 Å². The van der Waals surface area contributed by atoms with E-state index in [9.17, 15) is 13.2 Å². The van der Waals surface area contributed by atoms with Crippen LogP contribution in [0.4, 0.5) is 0 Å². The molecule has 1 aromatic rings. The highest BCUT2D eigenvalue weighted by molar-refractivity contribution is 7.89. The third kappa shape index (κ3) is 4.80. The van der Waals surface area contributed by atoms with Crippen LogP contribution in [-0.4, -0.2) is 37.2 Å². The summed E-state index contributed by atoms with van der Waals surface area (Å²) >= 11 is 0. The van der Waals surface area contributed by atoms with Crippen LogP contribution in [-0.2, 0) is 16.4 Å². The van der Waals surface area contributed by atoms with Crippen molar-refractivity contribution < 1.29 is 23.4 Å². The molecule has 0 aliphatic carbocycles. The number of aryl methyl sites for hydroxylation is 1. The van der Waals surface area contributed by atoms with Crippen molar-refractivity contribution >= 4 is 16.0 Å². The lowest BCUT2D eigenvalue weighted by molar-refractivity contribution is 0.0696. The summed E-state index contributed by atoms with van der Waals surface area (Å²) in [5, 5.41) is 17.8. The number of hydrogen-bond acceptors (Lipinski definition) is 4. The first-order valence-electron chi connectivity index (χ1n) is 6.81. The molecule has 1 atom stereocenters. The highest BCUT2D eigenvalue weighted by Gasteiger charge is 2.21. The van der Waals surface area contributed by atoms with Gasteiger partial charge in [-0.2, -0.15) is 0 Å². The number of rotatable bonds is 8. The van der Waals surface area contributed by atoms with Crippen LogP contribution >= 0.6 is 0 Å². The molecule has 0 aliphatic rings. The zero-order chi connectivity index (χ0) is 16.0. The molecule has 0 spiro atoms. The highest BCUT2D eigenvalue weighted by Crippen LogP contribution is 2.19. The molecule has 118 valence electrons. The molecule has 0 saturated heterocycles. The second kappa shape index (κ2) is 7.53. The molecule has 0 amide bonds. The molecule has 6 nitrogen and oxygen atoms in total. The molecule has 7 heteroatoms. The Morgan fingerprint density at radius 1 is 1.38 bits per heavy atom. The molecule has 0 aliphatic heterocycles. The third-order valence-electron chi connectivity index (χ3n) is 3.14. The Bertz CT molecular complexity index is 597. The average molecular weight is 315 g/mol. The summed E-state index contributed by atoms with van der Waals surface area (Å²) in [6.07, 6.45) is 1.50. The lowest BCUT2D eigenvalue weighted by atomic mass is 10.1. The number of aromatic carboxylic acids is 1. The van der Waals surface area contributed by atoms with Crippen molar-refractivity contribution in [1.29, 1.82) is 0 Å². The molecule has 0 radical (unpaired) electrons. The molecule has 0 fully saturated rings. The first-order valence-corrected chi connectivity index (χ1v) is 8.29. The smallest absolute Gasteiger partial charge is 0.335 e. The van der Waals surface area contributed by atoms with Crippen molar-refractivity contribution in [2.24, 2.45) is 0 Å². The molecule has 0 aromatic heterocycles. The first kappa shape index (κ1) is 17.6. The van der Waals surface area contributed by atoms with E-state index in [2.05, 4.69) is 4.72 Å².